The lowest BCUT2D eigenvalue weighted by molar-refractivity contribution is 0.0695. The van der Waals surface area contributed by atoms with Gasteiger partial charge < -0.3 is 19.7 Å². The fourth-order valence-electron chi connectivity index (χ4n) is 2.17. The van der Waals surface area contributed by atoms with E-state index in [4.69, 9.17) is 9.47 Å². The lowest BCUT2D eigenvalue weighted by atomic mass is 9.93. The van der Waals surface area contributed by atoms with Crippen LogP contribution in [0.15, 0.2) is 12.1 Å². The Kier molecular flexibility index (Phi) is 2.72. The number of hydrogen-bond acceptors (Lipinski definition) is 4. The molecule has 2 N–H and O–H groups in total. The Morgan fingerprint density at radius 2 is 1.72 bits per heavy atom. The third-order valence-corrected chi connectivity index (χ3v) is 3.31. The van der Waals surface area contributed by atoms with Crippen molar-refractivity contribution in [3.05, 3.63) is 28.8 Å². The van der Waals surface area contributed by atoms with E-state index < -0.39 is 5.97 Å². The predicted octanol–water partition coefficient (Wildman–Crippen LogP) is 0.973. The number of ether oxygens (including phenoxy) is 2. The molecule has 5 heteroatoms. The van der Waals surface area contributed by atoms with E-state index in [1.54, 1.807) is 0 Å². The van der Waals surface area contributed by atoms with E-state index in [0.29, 0.717) is 37.2 Å². The molecule has 0 amide bonds. The highest BCUT2D eigenvalue weighted by Crippen LogP contribution is 2.32. The van der Waals surface area contributed by atoms with Gasteiger partial charge in [-0.3, -0.25) is 0 Å². The molecule has 2 heterocycles. The van der Waals surface area contributed by atoms with Crippen LogP contribution in [0.4, 0.5) is 0 Å². The summed E-state index contributed by atoms with van der Waals surface area (Å²) in [5, 5.41) is 19.1. The molecular weight excluding hydrogens is 236 g/mol. The Balaban J connectivity index is 2.00. The molecule has 2 unspecified atom stereocenters. The number of benzene rings is 1. The molecule has 5 nitrogen and oxygen atoms in total. The fraction of sp³-hybridized carbons (Fsp3) is 0.462. The van der Waals surface area contributed by atoms with Crippen LogP contribution in [0.3, 0.4) is 0 Å². The second kappa shape index (κ2) is 4.26. The Morgan fingerprint density at radius 1 is 1.17 bits per heavy atom. The lowest BCUT2D eigenvalue weighted by Gasteiger charge is -2.13. The average molecular weight is 250 g/mol. The van der Waals surface area contributed by atoms with Gasteiger partial charge in [0.05, 0.1) is 31.0 Å². The van der Waals surface area contributed by atoms with Crippen LogP contribution in [-0.4, -0.2) is 41.6 Å². The summed E-state index contributed by atoms with van der Waals surface area (Å²) >= 11 is 0. The van der Waals surface area contributed by atoms with Crippen molar-refractivity contribution in [1.82, 2.24) is 0 Å². The monoisotopic (exact) mass is 250 g/mol. The highest BCUT2D eigenvalue weighted by atomic mass is 16.6. The van der Waals surface area contributed by atoms with Crippen LogP contribution in [0.25, 0.3) is 0 Å². The smallest absolute Gasteiger partial charge is 0.335 e. The number of epoxide rings is 2. The molecular formula is C13H14O5. The van der Waals surface area contributed by atoms with Gasteiger partial charge in [-0.05, 0) is 17.7 Å². The van der Waals surface area contributed by atoms with Crippen molar-refractivity contribution in [2.45, 2.75) is 25.0 Å². The van der Waals surface area contributed by atoms with Crippen molar-refractivity contribution in [3.8, 4) is 5.75 Å². The molecule has 18 heavy (non-hydrogen) atoms. The van der Waals surface area contributed by atoms with Gasteiger partial charge in [-0.15, -0.1) is 0 Å². The maximum absolute atomic E-state index is 11.2. The minimum atomic E-state index is -0.969. The summed E-state index contributed by atoms with van der Waals surface area (Å²) in [7, 11) is 0. The number of hydrogen-bond donors (Lipinski definition) is 2. The molecule has 3 rings (SSSR count). The molecule has 0 saturated carbocycles. The van der Waals surface area contributed by atoms with Gasteiger partial charge >= 0.3 is 5.97 Å². The van der Waals surface area contributed by atoms with Crippen LogP contribution in [0.1, 0.15) is 21.5 Å². The van der Waals surface area contributed by atoms with Crippen LogP contribution in [-0.2, 0) is 22.3 Å². The summed E-state index contributed by atoms with van der Waals surface area (Å²) in [5.74, 6) is -0.824. The molecule has 96 valence electrons. The molecule has 0 bridgehead atoms. The summed E-state index contributed by atoms with van der Waals surface area (Å²) in [4.78, 5) is 11.2. The zero-order valence-electron chi connectivity index (χ0n) is 9.76. The van der Waals surface area contributed by atoms with Crippen LogP contribution < -0.4 is 0 Å². The molecule has 2 fully saturated rings. The van der Waals surface area contributed by atoms with E-state index in [1.165, 1.54) is 12.1 Å². The number of rotatable bonds is 5. The maximum Gasteiger partial charge on any atom is 0.335 e. The summed E-state index contributed by atoms with van der Waals surface area (Å²) in [5.41, 5.74) is 1.62. The third-order valence-electron chi connectivity index (χ3n) is 3.31. The van der Waals surface area contributed by atoms with Gasteiger partial charge in [-0.25, -0.2) is 4.79 Å². The van der Waals surface area contributed by atoms with E-state index in [0.717, 1.165) is 0 Å². The number of aromatic hydroxyl groups is 1. The van der Waals surface area contributed by atoms with Crippen molar-refractivity contribution in [3.63, 3.8) is 0 Å². The summed E-state index contributed by atoms with van der Waals surface area (Å²) < 4.78 is 10.3. The Bertz CT molecular complexity index is 488. The largest absolute Gasteiger partial charge is 0.508 e. The standard InChI is InChI=1S/C13H14O5/c14-12-2-1-9(13(15)16)10(3-7-5-17-7)11(12)4-8-6-18-8/h1-2,7-8,14H,3-6H2,(H,15,16). The molecule has 2 aliphatic heterocycles. The summed E-state index contributed by atoms with van der Waals surface area (Å²) in [6.07, 6.45) is 1.30. The first-order valence-corrected chi connectivity index (χ1v) is 5.95. The van der Waals surface area contributed by atoms with Crippen molar-refractivity contribution < 1.29 is 24.5 Å². The normalized spacial score (nSPS) is 24.9. The van der Waals surface area contributed by atoms with E-state index in [-0.39, 0.29) is 23.5 Å². The van der Waals surface area contributed by atoms with Gasteiger partial charge in [-0.2, -0.15) is 0 Å². The number of carboxylic acid groups (broad SMARTS) is 1. The Labute approximate surface area is 104 Å². The topological polar surface area (TPSA) is 82.6 Å². The van der Waals surface area contributed by atoms with Gasteiger partial charge in [0.1, 0.15) is 5.75 Å². The van der Waals surface area contributed by atoms with E-state index in [1.807, 2.05) is 0 Å². The number of carbonyl (C=O) groups is 1. The Morgan fingerprint density at radius 3 is 2.22 bits per heavy atom. The van der Waals surface area contributed by atoms with Crippen molar-refractivity contribution in [2.24, 2.45) is 0 Å². The van der Waals surface area contributed by atoms with E-state index >= 15 is 0 Å². The van der Waals surface area contributed by atoms with Gasteiger partial charge in [0, 0.05) is 18.4 Å². The zero-order chi connectivity index (χ0) is 12.7. The predicted molar refractivity (Wildman–Crippen MR) is 62.0 cm³/mol. The van der Waals surface area contributed by atoms with Crippen LogP contribution in [0.5, 0.6) is 5.75 Å². The molecule has 0 aromatic heterocycles. The molecule has 1 aromatic carbocycles. The van der Waals surface area contributed by atoms with Crippen molar-refractivity contribution in [1.29, 1.82) is 0 Å². The minimum absolute atomic E-state index is 0.0868. The molecule has 1 aromatic rings. The summed E-state index contributed by atoms with van der Waals surface area (Å²) in [6.45, 7) is 1.34. The molecule has 0 aliphatic carbocycles. The molecule has 2 atom stereocenters. The zero-order valence-corrected chi connectivity index (χ0v) is 9.76. The minimum Gasteiger partial charge on any atom is -0.508 e. The van der Waals surface area contributed by atoms with Gasteiger partial charge in [0.25, 0.3) is 0 Å². The highest BCUT2D eigenvalue weighted by Gasteiger charge is 2.31. The lowest BCUT2D eigenvalue weighted by Crippen LogP contribution is -2.10. The number of phenolic OH excluding ortho intramolecular Hbond substituents is 1. The van der Waals surface area contributed by atoms with Crippen molar-refractivity contribution in [2.75, 3.05) is 13.2 Å². The first-order valence-electron chi connectivity index (χ1n) is 5.95. The SMILES string of the molecule is O=C(O)c1ccc(O)c(CC2CO2)c1CC1CO1. The van der Waals surface area contributed by atoms with Gasteiger partial charge in [0.2, 0.25) is 0 Å². The van der Waals surface area contributed by atoms with E-state index in [2.05, 4.69) is 0 Å². The third kappa shape index (κ3) is 2.32. The molecule has 2 saturated heterocycles. The first kappa shape index (κ1) is 11.5. The summed E-state index contributed by atoms with van der Waals surface area (Å²) in [6, 6.07) is 2.89. The molecule has 2 aliphatic rings. The van der Waals surface area contributed by atoms with E-state index in [9.17, 15) is 15.0 Å². The number of phenols is 1. The Hall–Kier alpha value is -1.59. The molecule has 0 spiro atoms. The molecule has 0 radical (unpaired) electrons. The van der Waals surface area contributed by atoms with Gasteiger partial charge in [-0.1, -0.05) is 0 Å². The van der Waals surface area contributed by atoms with Crippen molar-refractivity contribution >= 4 is 5.97 Å². The second-order valence-electron chi connectivity index (χ2n) is 4.71. The average Bonchev–Trinajstić information content (AvgIpc) is 3.18. The first-order chi connectivity index (χ1) is 8.65. The quantitative estimate of drug-likeness (QED) is 0.761. The highest BCUT2D eigenvalue weighted by molar-refractivity contribution is 5.90. The number of aromatic carboxylic acids is 1. The maximum atomic E-state index is 11.2. The van der Waals surface area contributed by atoms with Crippen LogP contribution >= 0.6 is 0 Å². The number of carboxylic acids is 1. The second-order valence-corrected chi connectivity index (χ2v) is 4.71. The van der Waals surface area contributed by atoms with Crippen LogP contribution in [0, 0.1) is 0 Å². The fourth-order valence-corrected chi connectivity index (χ4v) is 2.17. The van der Waals surface area contributed by atoms with Gasteiger partial charge in [0.15, 0.2) is 0 Å². The van der Waals surface area contributed by atoms with Crippen LogP contribution in [0.2, 0.25) is 0 Å².